The molecule has 2 atom stereocenters. The number of ether oxygens (including phenoxy) is 6. The van der Waals surface area contributed by atoms with Crippen molar-refractivity contribution < 1.29 is 69.3 Å². The number of aliphatic carboxylic acids is 2. The van der Waals surface area contributed by atoms with Gasteiger partial charge in [-0.15, -0.1) is 0 Å². The van der Waals surface area contributed by atoms with Gasteiger partial charge in [0.05, 0.1) is 70.2 Å². The van der Waals surface area contributed by atoms with Gasteiger partial charge in [0.1, 0.15) is 0 Å². The number of carboxylic acid groups (broad SMARTS) is 2. The first-order chi connectivity index (χ1) is 16.8. The number of carbonyl (C=O) groups is 2. The van der Waals surface area contributed by atoms with Gasteiger partial charge in [-0.25, -0.2) is 0 Å². The molecule has 0 bridgehead atoms. The molecule has 0 saturated heterocycles. The van der Waals surface area contributed by atoms with E-state index in [4.69, 9.17) is 39.9 Å². The Bertz CT molecular complexity index is 499. The number of rotatable bonds is 20. The fourth-order valence-electron chi connectivity index (χ4n) is 3.23. The molecule has 1 fully saturated rings. The van der Waals surface area contributed by atoms with E-state index in [9.17, 15) is 19.8 Å². The van der Waals surface area contributed by atoms with E-state index in [0.717, 1.165) is 12.8 Å². The van der Waals surface area contributed by atoms with Crippen molar-refractivity contribution in [3.05, 3.63) is 0 Å². The van der Waals surface area contributed by atoms with Gasteiger partial charge < -0.3 is 59.7 Å². The van der Waals surface area contributed by atoms with Gasteiger partial charge in [-0.1, -0.05) is 12.8 Å². The SMILES string of the molecule is COCCOCCOCCC(CCOCCOCCOC)(C(=O)[O-])C(=O)[O-].N[C@@H]1CCCC[C@@H]1N.[Pt+2]. The molecule has 13 heteroatoms. The zero-order valence-electron chi connectivity index (χ0n) is 21.5. The summed E-state index contributed by atoms with van der Waals surface area (Å²) in [6, 6.07) is 0.562. The summed E-state index contributed by atoms with van der Waals surface area (Å²) < 4.78 is 30.4. The van der Waals surface area contributed by atoms with Crippen LogP contribution in [-0.4, -0.2) is 104 Å². The summed E-state index contributed by atoms with van der Waals surface area (Å²) in [5.74, 6) is -3.44. The molecule has 0 aromatic carbocycles. The third-order valence-electron chi connectivity index (χ3n) is 5.61. The maximum atomic E-state index is 11.4. The largest absolute Gasteiger partial charge is 2.00 e. The van der Waals surface area contributed by atoms with Crippen LogP contribution in [-0.2, 0) is 59.1 Å². The molecule has 36 heavy (non-hydrogen) atoms. The van der Waals surface area contributed by atoms with Crippen LogP contribution < -0.4 is 21.7 Å². The maximum absolute atomic E-state index is 11.4. The van der Waals surface area contributed by atoms with Crippen LogP contribution in [0.15, 0.2) is 0 Å². The van der Waals surface area contributed by atoms with Gasteiger partial charge in [0.25, 0.3) is 0 Å². The Morgan fingerprint density at radius 2 is 0.972 bits per heavy atom. The van der Waals surface area contributed by atoms with Gasteiger partial charge >= 0.3 is 21.1 Å². The van der Waals surface area contributed by atoms with Gasteiger partial charge in [0, 0.05) is 39.5 Å². The van der Waals surface area contributed by atoms with E-state index >= 15 is 0 Å². The van der Waals surface area contributed by atoms with Crippen molar-refractivity contribution in [2.24, 2.45) is 16.9 Å². The van der Waals surface area contributed by atoms with Gasteiger partial charge in [-0.3, -0.25) is 0 Å². The fourth-order valence-corrected chi connectivity index (χ4v) is 3.23. The van der Waals surface area contributed by atoms with E-state index in [-0.39, 0.29) is 72.4 Å². The van der Waals surface area contributed by atoms with Crippen LogP contribution in [0.2, 0.25) is 0 Å². The van der Waals surface area contributed by atoms with Gasteiger partial charge in [0.15, 0.2) is 0 Å². The van der Waals surface area contributed by atoms with Crippen molar-refractivity contribution in [2.75, 3.05) is 80.3 Å². The van der Waals surface area contributed by atoms with E-state index in [2.05, 4.69) is 0 Å². The number of hydrogen-bond acceptors (Lipinski definition) is 12. The second kappa shape index (κ2) is 24.6. The third-order valence-corrected chi connectivity index (χ3v) is 5.61. The van der Waals surface area contributed by atoms with Crippen LogP contribution in [0.3, 0.4) is 0 Å². The molecule has 216 valence electrons. The van der Waals surface area contributed by atoms with Gasteiger partial charge in [-0.05, 0) is 25.7 Å². The Labute approximate surface area is 228 Å². The normalized spacial score (nSPS) is 17.6. The molecule has 0 spiro atoms. The van der Waals surface area contributed by atoms with E-state index < -0.39 is 17.4 Å². The van der Waals surface area contributed by atoms with Crippen LogP contribution in [0.5, 0.6) is 0 Å². The van der Waals surface area contributed by atoms with Gasteiger partial charge in [0.2, 0.25) is 0 Å². The molecule has 1 aliphatic carbocycles. The number of hydrogen-bond donors (Lipinski definition) is 2. The maximum Gasteiger partial charge on any atom is 2.00 e. The number of nitrogens with two attached hydrogens (primary N) is 2. The van der Waals surface area contributed by atoms with Gasteiger partial charge in [-0.2, -0.15) is 0 Å². The van der Waals surface area contributed by atoms with Crippen molar-refractivity contribution in [1.82, 2.24) is 0 Å². The van der Waals surface area contributed by atoms with Crippen molar-refractivity contribution in [2.45, 2.75) is 50.6 Å². The van der Waals surface area contributed by atoms with Crippen molar-refractivity contribution in [3.8, 4) is 0 Å². The molecule has 0 aromatic heterocycles. The predicted molar refractivity (Wildman–Crippen MR) is 123 cm³/mol. The minimum Gasteiger partial charge on any atom is -0.549 e. The Balaban J connectivity index is 0. The molecule has 12 nitrogen and oxygen atoms in total. The van der Waals surface area contributed by atoms with Crippen molar-refractivity contribution >= 4 is 11.9 Å². The van der Waals surface area contributed by atoms with Crippen LogP contribution in [0, 0.1) is 5.41 Å². The predicted octanol–water partition coefficient (Wildman–Crippen LogP) is -2.18. The minimum absolute atomic E-state index is 0. The zero-order valence-corrected chi connectivity index (χ0v) is 23.8. The summed E-state index contributed by atoms with van der Waals surface area (Å²) in [6.07, 6.45) is 4.22. The van der Waals surface area contributed by atoms with Crippen LogP contribution in [0.1, 0.15) is 38.5 Å². The van der Waals surface area contributed by atoms with E-state index in [1.807, 2.05) is 0 Å². The van der Waals surface area contributed by atoms with E-state index in [1.54, 1.807) is 14.2 Å². The van der Waals surface area contributed by atoms with Crippen LogP contribution in [0.25, 0.3) is 0 Å². The number of methoxy groups -OCH3 is 2. The number of carboxylic acids is 2. The molecule has 0 unspecified atom stereocenters. The first kappa shape index (κ1) is 37.5. The molecule has 1 saturated carbocycles. The Hall–Kier alpha value is -0.692. The Morgan fingerprint density at radius 1 is 0.667 bits per heavy atom. The second-order valence-electron chi connectivity index (χ2n) is 8.20. The first-order valence-electron chi connectivity index (χ1n) is 12.0. The molecular weight excluding hydrogens is 659 g/mol. The average Bonchev–Trinajstić information content (AvgIpc) is 2.83. The third kappa shape index (κ3) is 17.7. The standard InChI is InChI=1S/C17H32O10.C6H14N2.Pt/c1-22-7-9-26-13-11-24-5-3-17(15(18)19,16(20)21)4-6-25-12-14-27-10-8-23-2;7-5-3-1-2-4-6(5)8;/h3-14H2,1-2H3,(H,18,19)(H,20,21);5-6H,1-4,7-8H2;/q;;+2/p-2/t;5-,6+;. The van der Waals surface area contributed by atoms with Crippen molar-refractivity contribution in [1.29, 1.82) is 0 Å². The summed E-state index contributed by atoms with van der Waals surface area (Å²) in [5.41, 5.74) is 9.13. The molecule has 4 N–H and O–H groups in total. The molecule has 0 radical (unpaired) electrons. The fraction of sp³-hybridized carbons (Fsp3) is 0.913. The molecular formula is C23H44N2O10Pt. The van der Waals surface area contributed by atoms with Crippen molar-refractivity contribution in [3.63, 3.8) is 0 Å². The second-order valence-corrected chi connectivity index (χ2v) is 8.20. The molecule has 0 amide bonds. The molecule has 0 aromatic rings. The number of carbonyl (C=O) groups excluding carboxylic acids is 2. The summed E-state index contributed by atoms with van der Waals surface area (Å²) in [5, 5.41) is 22.8. The average molecular weight is 704 g/mol. The quantitative estimate of drug-likeness (QED) is 0.103. The molecule has 0 heterocycles. The summed E-state index contributed by atoms with van der Waals surface area (Å²) >= 11 is 0. The molecule has 0 aliphatic heterocycles. The molecule has 1 rings (SSSR count). The summed E-state index contributed by atoms with van der Waals surface area (Å²) in [4.78, 5) is 22.8. The smallest absolute Gasteiger partial charge is 0.549 e. The minimum atomic E-state index is -2.17. The summed E-state index contributed by atoms with van der Waals surface area (Å²) in [7, 11) is 3.11. The molecule has 1 aliphatic rings. The van der Waals surface area contributed by atoms with E-state index in [0.29, 0.717) is 39.6 Å². The topological polar surface area (TPSA) is 188 Å². The summed E-state index contributed by atoms with van der Waals surface area (Å²) in [6.45, 7) is 2.54. The Morgan fingerprint density at radius 3 is 1.25 bits per heavy atom. The Kier molecular flexibility index (Phi) is 25.6. The first-order valence-corrected chi connectivity index (χ1v) is 12.0. The van der Waals surface area contributed by atoms with E-state index in [1.165, 1.54) is 12.8 Å². The zero-order chi connectivity index (χ0) is 26.4. The van der Waals surface area contributed by atoms with Crippen LogP contribution in [0.4, 0.5) is 0 Å². The van der Waals surface area contributed by atoms with Crippen LogP contribution >= 0.6 is 0 Å². The monoisotopic (exact) mass is 703 g/mol.